The highest BCUT2D eigenvalue weighted by molar-refractivity contribution is 7.89. The highest BCUT2D eigenvalue weighted by Gasteiger charge is 2.20. The average molecular weight is 462 g/mol. The molecule has 0 aliphatic rings. The van der Waals surface area contributed by atoms with E-state index >= 15 is 0 Å². The predicted octanol–water partition coefficient (Wildman–Crippen LogP) is 3.32. The molecule has 0 aliphatic heterocycles. The van der Waals surface area contributed by atoms with Gasteiger partial charge in [0, 0.05) is 11.3 Å². The number of nitrogens with zero attached hydrogens (tertiary/aromatic N) is 2. The minimum Gasteiger partial charge on any atom is -0.507 e. The maximum absolute atomic E-state index is 11.3. The minimum atomic E-state index is -3.77. The first kappa shape index (κ1) is 20.1. The Morgan fingerprint density at radius 1 is 0.933 bits per heavy atom. The normalized spacial score (nSPS) is 11.5. The molecule has 0 atom stereocenters. The summed E-state index contributed by atoms with van der Waals surface area (Å²) in [5.74, 6) is 0.0456. The molecule has 30 heavy (non-hydrogen) atoms. The quantitative estimate of drug-likeness (QED) is 0.302. The number of para-hydroxylation sites is 1. The van der Waals surface area contributed by atoms with E-state index in [4.69, 9.17) is 10.9 Å². The van der Waals surface area contributed by atoms with Crippen molar-refractivity contribution < 1.29 is 18.6 Å². The summed E-state index contributed by atoms with van der Waals surface area (Å²) in [6, 6.07) is 12.5. The van der Waals surface area contributed by atoms with Crippen molar-refractivity contribution in [2.45, 2.75) is 4.90 Å². The molecule has 4 rings (SSSR count). The van der Waals surface area contributed by atoms with Crippen LogP contribution in [0.4, 0.5) is 16.6 Å². The van der Waals surface area contributed by atoms with Crippen molar-refractivity contribution in [3.63, 3.8) is 0 Å². The van der Waals surface area contributed by atoms with E-state index in [0.717, 1.165) is 0 Å². The van der Waals surface area contributed by atoms with Crippen LogP contribution >= 0.6 is 22.7 Å². The van der Waals surface area contributed by atoms with E-state index in [1.54, 1.807) is 30.3 Å². The Morgan fingerprint density at radius 2 is 1.63 bits per heavy atom. The Bertz CT molecular complexity index is 1330. The number of primary sulfonamides is 1. The number of hydrogen-bond acceptors (Lipinski definition) is 10. The third-order valence-corrected chi connectivity index (χ3v) is 7.19. The SMILES string of the molecule is Nc1nc(Nc2ccc(S(N)(=O)=O)cc2)sc1-c1nc(O)c(-c2ccccc2O)s1. The number of nitrogens with two attached hydrogens (primary N) is 2. The lowest BCUT2D eigenvalue weighted by atomic mass is 10.2. The molecule has 0 saturated heterocycles. The third kappa shape index (κ3) is 3.93. The second-order valence-electron chi connectivity index (χ2n) is 6.12. The molecule has 2 aromatic heterocycles. The van der Waals surface area contributed by atoms with Gasteiger partial charge in [0.25, 0.3) is 0 Å². The number of thiazole rings is 2. The summed E-state index contributed by atoms with van der Waals surface area (Å²) in [5, 5.41) is 29.3. The number of aromatic nitrogens is 2. The van der Waals surface area contributed by atoms with Crippen LogP contribution in [0.15, 0.2) is 53.4 Å². The molecule has 0 radical (unpaired) electrons. The summed E-state index contributed by atoms with van der Waals surface area (Å²) in [5.41, 5.74) is 7.10. The van der Waals surface area contributed by atoms with E-state index < -0.39 is 10.0 Å². The van der Waals surface area contributed by atoms with Crippen molar-refractivity contribution in [1.29, 1.82) is 0 Å². The van der Waals surface area contributed by atoms with E-state index in [1.807, 2.05) is 0 Å². The lowest BCUT2D eigenvalue weighted by Crippen LogP contribution is -2.11. The second-order valence-corrected chi connectivity index (χ2v) is 9.68. The highest BCUT2D eigenvalue weighted by atomic mass is 32.2. The molecule has 0 spiro atoms. The van der Waals surface area contributed by atoms with Gasteiger partial charge in [-0.2, -0.15) is 0 Å². The zero-order valence-electron chi connectivity index (χ0n) is 15.1. The summed E-state index contributed by atoms with van der Waals surface area (Å²) in [7, 11) is -3.77. The van der Waals surface area contributed by atoms with Gasteiger partial charge >= 0.3 is 0 Å². The number of sulfonamides is 1. The molecule has 9 nitrogen and oxygen atoms in total. The molecular formula is C18H15N5O4S3. The van der Waals surface area contributed by atoms with Gasteiger partial charge in [0.05, 0.1) is 4.90 Å². The minimum absolute atomic E-state index is 0.00217. The molecule has 0 aliphatic carbocycles. The first-order chi connectivity index (χ1) is 14.2. The van der Waals surface area contributed by atoms with Crippen molar-refractivity contribution in [1.82, 2.24) is 9.97 Å². The van der Waals surface area contributed by atoms with Crippen LogP contribution in [0.5, 0.6) is 11.6 Å². The molecule has 0 bridgehead atoms. The summed E-state index contributed by atoms with van der Waals surface area (Å²) in [4.78, 5) is 9.40. The van der Waals surface area contributed by atoms with Gasteiger partial charge in [-0.1, -0.05) is 23.5 Å². The number of aromatic hydroxyl groups is 2. The van der Waals surface area contributed by atoms with Crippen LogP contribution in [0.1, 0.15) is 0 Å². The molecular weight excluding hydrogens is 446 g/mol. The first-order valence-electron chi connectivity index (χ1n) is 8.37. The number of phenolic OH excluding ortho intramolecular Hbond substituents is 1. The lowest BCUT2D eigenvalue weighted by Gasteiger charge is -2.03. The first-order valence-corrected chi connectivity index (χ1v) is 11.5. The Balaban J connectivity index is 1.62. The summed E-state index contributed by atoms with van der Waals surface area (Å²) >= 11 is 2.40. The van der Waals surface area contributed by atoms with E-state index in [1.165, 1.54) is 40.9 Å². The Labute approximate surface area is 179 Å². The van der Waals surface area contributed by atoms with Gasteiger partial charge in [-0.05, 0) is 36.4 Å². The molecule has 2 heterocycles. The molecule has 12 heteroatoms. The number of benzene rings is 2. The van der Waals surface area contributed by atoms with E-state index in [0.29, 0.717) is 31.1 Å². The number of anilines is 3. The van der Waals surface area contributed by atoms with Crippen LogP contribution in [-0.4, -0.2) is 28.6 Å². The van der Waals surface area contributed by atoms with Crippen LogP contribution in [0.3, 0.4) is 0 Å². The maximum atomic E-state index is 11.3. The lowest BCUT2D eigenvalue weighted by molar-refractivity contribution is 0.457. The van der Waals surface area contributed by atoms with Gasteiger partial charge < -0.3 is 21.3 Å². The second kappa shape index (κ2) is 7.57. The van der Waals surface area contributed by atoms with E-state index in [2.05, 4.69) is 15.3 Å². The number of phenols is 1. The van der Waals surface area contributed by atoms with Crippen LogP contribution in [0.2, 0.25) is 0 Å². The van der Waals surface area contributed by atoms with Crippen molar-refractivity contribution in [3.8, 4) is 32.0 Å². The average Bonchev–Trinajstić information content (AvgIpc) is 3.24. The van der Waals surface area contributed by atoms with Crippen LogP contribution in [-0.2, 0) is 10.0 Å². The largest absolute Gasteiger partial charge is 0.507 e. The number of rotatable bonds is 5. The zero-order chi connectivity index (χ0) is 21.5. The molecule has 4 aromatic rings. The smallest absolute Gasteiger partial charge is 0.238 e. The fourth-order valence-corrected chi connectivity index (χ4v) is 5.14. The summed E-state index contributed by atoms with van der Waals surface area (Å²) in [6.07, 6.45) is 0. The fraction of sp³-hybridized carbons (Fsp3) is 0. The molecule has 0 saturated carbocycles. The molecule has 0 amide bonds. The zero-order valence-corrected chi connectivity index (χ0v) is 17.6. The molecule has 154 valence electrons. The Morgan fingerprint density at radius 3 is 2.30 bits per heavy atom. The third-order valence-electron chi connectivity index (χ3n) is 4.04. The molecule has 7 N–H and O–H groups in total. The highest BCUT2D eigenvalue weighted by Crippen LogP contribution is 2.45. The van der Waals surface area contributed by atoms with Crippen LogP contribution < -0.4 is 16.2 Å². The molecule has 0 unspecified atom stereocenters. The standard InChI is InChI=1S/C18H15N5O4S3/c19-15-14(17-23-16(25)13(28-17)11-3-1-2-4-12(11)24)29-18(22-15)21-9-5-7-10(8-6-9)30(20,26)27/h1-8,24-25H,19H2,(H,21,22)(H2,20,26,27). The predicted molar refractivity (Wildman–Crippen MR) is 117 cm³/mol. The Hall–Kier alpha value is -3.19. The van der Waals surface area contributed by atoms with Gasteiger partial charge in [0.1, 0.15) is 26.3 Å². The van der Waals surface area contributed by atoms with E-state index in [-0.39, 0.29) is 22.3 Å². The maximum Gasteiger partial charge on any atom is 0.238 e. The summed E-state index contributed by atoms with van der Waals surface area (Å²) < 4.78 is 22.7. The van der Waals surface area contributed by atoms with Crippen molar-refractivity contribution in [3.05, 3.63) is 48.5 Å². The fourth-order valence-electron chi connectivity index (χ4n) is 2.64. The van der Waals surface area contributed by atoms with Gasteiger partial charge in [-0.15, -0.1) is 11.3 Å². The van der Waals surface area contributed by atoms with E-state index in [9.17, 15) is 18.6 Å². The van der Waals surface area contributed by atoms with Crippen molar-refractivity contribution >= 4 is 49.3 Å². The van der Waals surface area contributed by atoms with Gasteiger partial charge in [-0.25, -0.2) is 23.5 Å². The van der Waals surface area contributed by atoms with Gasteiger partial charge in [0.2, 0.25) is 15.9 Å². The summed E-state index contributed by atoms with van der Waals surface area (Å²) in [6.45, 7) is 0. The Kier molecular flexibility index (Phi) is 5.07. The molecule has 0 fully saturated rings. The topological polar surface area (TPSA) is 164 Å². The van der Waals surface area contributed by atoms with Gasteiger partial charge in [-0.3, -0.25) is 0 Å². The van der Waals surface area contributed by atoms with Crippen LogP contribution in [0, 0.1) is 0 Å². The van der Waals surface area contributed by atoms with Crippen molar-refractivity contribution in [2.24, 2.45) is 5.14 Å². The van der Waals surface area contributed by atoms with Crippen molar-refractivity contribution in [2.75, 3.05) is 11.1 Å². The number of nitrogen functional groups attached to an aromatic ring is 1. The molecule has 2 aromatic carbocycles. The van der Waals surface area contributed by atoms with Gasteiger partial charge in [0.15, 0.2) is 5.13 Å². The number of hydrogen-bond donors (Lipinski definition) is 5. The number of nitrogens with one attached hydrogen (secondary N) is 1. The monoisotopic (exact) mass is 461 g/mol. The van der Waals surface area contributed by atoms with Crippen LogP contribution in [0.25, 0.3) is 20.3 Å².